The van der Waals surface area contributed by atoms with Gasteiger partial charge in [0.2, 0.25) is 0 Å². The lowest BCUT2D eigenvalue weighted by atomic mass is 9.99. The van der Waals surface area contributed by atoms with Gasteiger partial charge in [-0.1, -0.05) is 49.7 Å². The van der Waals surface area contributed by atoms with Gasteiger partial charge in [0.1, 0.15) is 6.61 Å². The highest BCUT2D eigenvalue weighted by atomic mass is 35.5. The molecule has 1 fully saturated rings. The molecule has 2 aromatic rings. The summed E-state index contributed by atoms with van der Waals surface area (Å²) in [6, 6.07) is 17.1. The molecule has 0 aliphatic carbocycles. The maximum atomic E-state index is 6.01. The summed E-state index contributed by atoms with van der Waals surface area (Å²) in [5.41, 5.74) is 2.47. The molecule has 28 heavy (non-hydrogen) atoms. The molecule has 2 aromatic carbocycles. The fraction of sp³-hybridized carbons (Fsp3) is 0.455. The van der Waals surface area contributed by atoms with Gasteiger partial charge < -0.3 is 14.8 Å². The van der Waals surface area contributed by atoms with Crippen molar-refractivity contribution >= 4 is 24.8 Å². The first-order valence-electron chi connectivity index (χ1n) is 9.61. The van der Waals surface area contributed by atoms with Gasteiger partial charge in [0.15, 0.2) is 11.5 Å². The topological polar surface area (TPSA) is 33.7 Å². The molecular weight excluding hydrogens is 395 g/mol. The molecule has 1 heterocycles. The molecule has 1 aliphatic heterocycles. The maximum Gasteiger partial charge on any atom is 0.161 e. The van der Waals surface area contributed by atoms with E-state index in [1.165, 1.54) is 12.0 Å². The number of ether oxygens (including phenoxy) is 2. The van der Waals surface area contributed by atoms with Gasteiger partial charge in [0.25, 0.3) is 0 Å². The summed E-state index contributed by atoms with van der Waals surface area (Å²) >= 11 is 0. The molecule has 4 nitrogen and oxygen atoms in total. The SMILES string of the molecule is CCC[C@@H](c1ccc(OCc2ccccc2)c(OC)c1)N1CCNCC1.Cl.Cl. The van der Waals surface area contributed by atoms with Crippen molar-refractivity contribution in [2.75, 3.05) is 33.3 Å². The Hall–Kier alpha value is -1.46. The molecule has 6 heteroatoms. The largest absolute Gasteiger partial charge is 0.493 e. The van der Waals surface area contributed by atoms with E-state index in [0.717, 1.165) is 49.7 Å². The van der Waals surface area contributed by atoms with Gasteiger partial charge in [-0.05, 0) is 29.7 Å². The minimum atomic E-state index is 0. The van der Waals surface area contributed by atoms with Gasteiger partial charge >= 0.3 is 0 Å². The Morgan fingerprint density at radius 1 is 1.00 bits per heavy atom. The molecule has 156 valence electrons. The predicted molar refractivity (Wildman–Crippen MR) is 120 cm³/mol. The van der Waals surface area contributed by atoms with E-state index in [1.54, 1.807) is 7.11 Å². The van der Waals surface area contributed by atoms with Gasteiger partial charge in [-0.3, -0.25) is 4.90 Å². The van der Waals surface area contributed by atoms with Crippen molar-refractivity contribution in [3.05, 3.63) is 59.7 Å². The molecule has 1 aliphatic rings. The lowest BCUT2D eigenvalue weighted by Crippen LogP contribution is -2.45. The summed E-state index contributed by atoms with van der Waals surface area (Å²) in [4.78, 5) is 2.58. The van der Waals surface area contributed by atoms with Gasteiger partial charge in [-0.15, -0.1) is 24.8 Å². The molecule has 0 unspecified atom stereocenters. The van der Waals surface area contributed by atoms with Crippen LogP contribution in [0.4, 0.5) is 0 Å². The summed E-state index contributed by atoms with van der Waals surface area (Å²) in [7, 11) is 1.72. The third kappa shape index (κ3) is 6.56. The first kappa shape index (κ1) is 24.6. The minimum absolute atomic E-state index is 0. The van der Waals surface area contributed by atoms with E-state index in [2.05, 4.69) is 47.5 Å². The van der Waals surface area contributed by atoms with Crippen molar-refractivity contribution in [1.82, 2.24) is 10.2 Å². The van der Waals surface area contributed by atoms with Crippen LogP contribution in [-0.4, -0.2) is 38.2 Å². The van der Waals surface area contributed by atoms with Crippen LogP contribution in [0, 0.1) is 0 Å². The quantitative estimate of drug-likeness (QED) is 0.652. The van der Waals surface area contributed by atoms with Crippen LogP contribution in [-0.2, 0) is 6.61 Å². The third-order valence-corrected chi connectivity index (χ3v) is 4.96. The summed E-state index contributed by atoms with van der Waals surface area (Å²) in [5, 5.41) is 3.44. The molecule has 0 radical (unpaired) electrons. The number of benzene rings is 2. The van der Waals surface area contributed by atoms with E-state index >= 15 is 0 Å². The lowest BCUT2D eigenvalue weighted by Gasteiger charge is -2.35. The average molecular weight is 427 g/mol. The van der Waals surface area contributed by atoms with E-state index in [4.69, 9.17) is 9.47 Å². The first-order valence-corrected chi connectivity index (χ1v) is 9.61. The Balaban J connectivity index is 0.00000196. The van der Waals surface area contributed by atoms with E-state index in [0.29, 0.717) is 12.6 Å². The highest BCUT2D eigenvalue weighted by molar-refractivity contribution is 5.85. The molecule has 0 amide bonds. The predicted octanol–water partition coefficient (Wildman–Crippen LogP) is 4.86. The Labute approximate surface area is 181 Å². The smallest absolute Gasteiger partial charge is 0.161 e. The summed E-state index contributed by atoms with van der Waals surface area (Å²) in [5.74, 6) is 1.62. The van der Waals surface area contributed by atoms with Crippen molar-refractivity contribution in [3.8, 4) is 11.5 Å². The zero-order valence-electron chi connectivity index (χ0n) is 16.7. The second-order valence-electron chi connectivity index (χ2n) is 6.78. The van der Waals surface area contributed by atoms with Gasteiger partial charge in [0, 0.05) is 32.2 Å². The lowest BCUT2D eigenvalue weighted by molar-refractivity contribution is 0.164. The number of methoxy groups -OCH3 is 1. The number of nitrogens with one attached hydrogen (secondary N) is 1. The van der Waals surface area contributed by atoms with Gasteiger partial charge in [0.05, 0.1) is 7.11 Å². The van der Waals surface area contributed by atoms with Crippen LogP contribution >= 0.6 is 24.8 Å². The van der Waals surface area contributed by atoms with Gasteiger partial charge in [-0.25, -0.2) is 0 Å². The van der Waals surface area contributed by atoms with Gasteiger partial charge in [-0.2, -0.15) is 0 Å². The Morgan fingerprint density at radius 2 is 1.71 bits per heavy atom. The fourth-order valence-electron chi connectivity index (χ4n) is 3.57. The maximum absolute atomic E-state index is 6.01. The van der Waals surface area contributed by atoms with E-state index in [1.807, 2.05) is 18.2 Å². The van der Waals surface area contributed by atoms with E-state index < -0.39 is 0 Å². The second kappa shape index (κ2) is 12.9. The second-order valence-corrected chi connectivity index (χ2v) is 6.78. The Morgan fingerprint density at radius 3 is 2.36 bits per heavy atom. The number of hydrogen-bond donors (Lipinski definition) is 1. The molecule has 0 aromatic heterocycles. The highest BCUT2D eigenvalue weighted by Crippen LogP contribution is 2.34. The fourth-order valence-corrected chi connectivity index (χ4v) is 3.57. The highest BCUT2D eigenvalue weighted by Gasteiger charge is 2.22. The van der Waals surface area contributed by atoms with Crippen LogP contribution in [0.2, 0.25) is 0 Å². The monoisotopic (exact) mass is 426 g/mol. The number of piperazine rings is 1. The normalized spacial score (nSPS) is 15.1. The van der Waals surface area contributed by atoms with Crippen LogP contribution < -0.4 is 14.8 Å². The molecule has 3 rings (SSSR count). The molecule has 1 N–H and O–H groups in total. The van der Waals surface area contributed by atoms with Crippen molar-refractivity contribution in [2.45, 2.75) is 32.4 Å². The Kier molecular flexibility index (Phi) is 11.3. The molecule has 1 atom stereocenters. The molecule has 0 saturated carbocycles. The molecule has 0 bridgehead atoms. The van der Waals surface area contributed by atoms with Crippen molar-refractivity contribution in [1.29, 1.82) is 0 Å². The Bertz CT molecular complexity index is 679. The minimum Gasteiger partial charge on any atom is -0.493 e. The van der Waals surface area contributed by atoms with Crippen LogP contribution in [0.5, 0.6) is 11.5 Å². The van der Waals surface area contributed by atoms with Crippen LogP contribution in [0.1, 0.15) is 36.9 Å². The van der Waals surface area contributed by atoms with Crippen molar-refractivity contribution in [2.24, 2.45) is 0 Å². The molecule has 0 spiro atoms. The van der Waals surface area contributed by atoms with Crippen molar-refractivity contribution < 1.29 is 9.47 Å². The number of nitrogens with zero attached hydrogens (tertiary/aromatic N) is 1. The molecular formula is C22H32Cl2N2O2. The van der Waals surface area contributed by atoms with Crippen molar-refractivity contribution in [3.63, 3.8) is 0 Å². The van der Waals surface area contributed by atoms with E-state index in [-0.39, 0.29) is 24.8 Å². The number of halogens is 2. The molecule has 1 saturated heterocycles. The third-order valence-electron chi connectivity index (χ3n) is 4.96. The number of rotatable bonds is 8. The average Bonchev–Trinajstić information content (AvgIpc) is 2.72. The summed E-state index contributed by atoms with van der Waals surface area (Å²) < 4.78 is 11.6. The van der Waals surface area contributed by atoms with E-state index in [9.17, 15) is 0 Å². The van der Waals surface area contributed by atoms with Crippen LogP contribution in [0.15, 0.2) is 48.5 Å². The van der Waals surface area contributed by atoms with Crippen LogP contribution in [0.3, 0.4) is 0 Å². The summed E-state index contributed by atoms with van der Waals surface area (Å²) in [6.07, 6.45) is 2.33. The standard InChI is InChI=1S/C22H30N2O2.2ClH/c1-3-7-20(24-14-12-23-13-15-24)19-10-11-21(22(16-19)25-2)26-17-18-8-5-4-6-9-18;;/h4-6,8-11,16,20,23H,3,7,12-15,17H2,1-2H3;2*1H/t20-;;/m0../s1. The number of hydrogen-bond acceptors (Lipinski definition) is 4. The zero-order valence-corrected chi connectivity index (χ0v) is 18.4. The summed E-state index contributed by atoms with van der Waals surface area (Å²) in [6.45, 7) is 7.13. The van der Waals surface area contributed by atoms with Crippen LogP contribution in [0.25, 0.3) is 0 Å². The zero-order chi connectivity index (χ0) is 18.2. The first-order chi connectivity index (χ1) is 12.8.